The van der Waals surface area contributed by atoms with Crippen molar-refractivity contribution in [3.8, 4) is 5.69 Å². The third-order valence-corrected chi connectivity index (χ3v) is 6.97. The van der Waals surface area contributed by atoms with Crippen molar-refractivity contribution in [3.05, 3.63) is 66.0 Å². The third-order valence-electron chi connectivity index (χ3n) is 5.00. The highest BCUT2D eigenvalue weighted by Gasteiger charge is 2.38. The number of alkyl halides is 3. The number of nitrogens with zero attached hydrogens (tertiary/aromatic N) is 4. The molecular formula is C21H20F3N5O5S. The van der Waals surface area contributed by atoms with Gasteiger partial charge >= 0.3 is 12.1 Å². The predicted octanol–water partition coefficient (Wildman–Crippen LogP) is 2.99. The van der Waals surface area contributed by atoms with Gasteiger partial charge in [0.2, 0.25) is 10.0 Å². The van der Waals surface area contributed by atoms with Gasteiger partial charge in [0.05, 0.1) is 29.3 Å². The smallest absolute Gasteiger partial charge is 0.475 e. The van der Waals surface area contributed by atoms with E-state index in [0.717, 1.165) is 0 Å². The monoisotopic (exact) mass is 511 g/mol. The highest BCUT2D eigenvalue weighted by Crippen LogP contribution is 2.31. The van der Waals surface area contributed by atoms with Gasteiger partial charge in [0.25, 0.3) is 5.91 Å². The van der Waals surface area contributed by atoms with Crippen LogP contribution in [0.1, 0.15) is 28.8 Å². The fraction of sp³-hybridized carbons (Fsp3) is 0.238. The van der Waals surface area contributed by atoms with E-state index in [9.17, 15) is 26.4 Å². The average molecular weight is 511 g/mol. The van der Waals surface area contributed by atoms with Gasteiger partial charge in [-0.3, -0.25) is 14.3 Å². The van der Waals surface area contributed by atoms with Crippen molar-refractivity contribution in [2.45, 2.75) is 31.5 Å². The van der Waals surface area contributed by atoms with Crippen LogP contribution >= 0.6 is 0 Å². The summed E-state index contributed by atoms with van der Waals surface area (Å²) in [6, 6.07) is 10.2. The van der Waals surface area contributed by atoms with E-state index in [-0.39, 0.29) is 23.7 Å². The second-order valence-corrected chi connectivity index (χ2v) is 9.11. The SMILES string of the molecule is CCN1Cc2c(C(=O)Nc3cccnc3C)ncn2-c2ccccc2S1(=O)=O.O=C(O)C(F)(F)F. The molecule has 0 unspecified atom stereocenters. The van der Waals surface area contributed by atoms with Crippen LogP contribution in [0.5, 0.6) is 0 Å². The minimum atomic E-state index is -5.08. The largest absolute Gasteiger partial charge is 0.490 e. The highest BCUT2D eigenvalue weighted by atomic mass is 32.2. The summed E-state index contributed by atoms with van der Waals surface area (Å²) in [5.41, 5.74) is 2.47. The normalized spacial score (nSPS) is 14.5. The number of aromatic nitrogens is 3. The molecule has 3 aromatic rings. The first-order valence-corrected chi connectivity index (χ1v) is 11.5. The van der Waals surface area contributed by atoms with Crippen molar-refractivity contribution >= 4 is 27.6 Å². The van der Waals surface area contributed by atoms with E-state index in [2.05, 4.69) is 15.3 Å². The minimum absolute atomic E-state index is 0.0578. The number of aliphatic carboxylic acids is 1. The molecule has 1 aromatic carbocycles. The first-order valence-electron chi connectivity index (χ1n) is 10.1. The van der Waals surface area contributed by atoms with E-state index in [1.54, 1.807) is 61.0 Å². The number of para-hydroxylation sites is 1. The number of imidazole rings is 1. The molecule has 0 saturated carbocycles. The highest BCUT2D eigenvalue weighted by molar-refractivity contribution is 7.89. The molecule has 2 N–H and O–H groups in total. The number of rotatable bonds is 3. The fourth-order valence-electron chi connectivity index (χ4n) is 3.27. The quantitative estimate of drug-likeness (QED) is 0.552. The van der Waals surface area contributed by atoms with Crippen molar-refractivity contribution in [1.29, 1.82) is 0 Å². The molecule has 3 heterocycles. The molecule has 0 aliphatic carbocycles. The lowest BCUT2D eigenvalue weighted by molar-refractivity contribution is -0.192. The van der Waals surface area contributed by atoms with Gasteiger partial charge in [-0.1, -0.05) is 19.1 Å². The molecular weight excluding hydrogens is 491 g/mol. The summed E-state index contributed by atoms with van der Waals surface area (Å²) in [5.74, 6) is -3.16. The number of hydrogen-bond acceptors (Lipinski definition) is 6. The number of hydrogen-bond donors (Lipinski definition) is 2. The second-order valence-electron chi connectivity index (χ2n) is 7.20. The lowest BCUT2D eigenvalue weighted by Crippen LogP contribution is -2.30. The van der Waals surface area contributed by atoms with E-state index in [1.807, 2.05) is 0 Å². The van der Waals surface area contributed by atoms with Crippen molar-refractivity contribution in [1.82, 2.24) is 18.8 Å². The molecule has 0 atom stereocenters. The van der Waals surface area contributed by atoms with E-state index in [4.69, 9.17) is 9.90 Å². The Kier molecular flexibility index (Phi) is 7.26. The van der Waals surface area contributed by atoms with Gasteiger partial charge in [0.15, 0.2) is 5.69 Å². The molecule has 0 radical (unpaired) electrons. The zero-order valence-electron chi connectivity index (χ0n) is 18.4. The van der Waals surface area contributed by atoms with Gasteiger partial charge in [0.1, 0.15) is 11.2 Å². The standard InChI is InChI=1S/C19H19N5O3S.C2HF3O2/c1-3-23-11-16-18(19(25)22-14-7-6-10-20-13(14)2)21-12-24(16)15-8-4-5-9-17(15)28(23,26)27;3-2(4,5)1(6)7/h4-10,12H,3,11H2,1-2H3,(H,22,25);(H,6,7). The molecule has 0 saturated heterocycles. The molecule has 4 rings (SSSR count). The minimum Gasteiger partial charge on any atom is -0.475 e. The maximum atomic E-state index is 13.0. The number of carbonyl (C=O) groups is 2. The maximum Gasteiger partial charge on any atom is 0.490 e. The van der Waals surface area contributed by atoms with Crippen molar-refractivity contribution < 1.29 is 36.3 Å². The van der Waals surface area contributed by atoms with Gasteiger partial charge in [-0.15, -0.1) is 0 Å². The zero-order chi connectivity index (χ0) is 26.0. The molecule has 14 heteroatoms. The molecule has 1 amide bonds. The van der Waals surface area contributed by atoms with Gasteiger partial charge in [-0.25, -0.2) is 18.2 Å². The Morgan fingerprint density at radius 3 is 2.40 bits per heavy atom. The number of carboxylic acids is 1. The van der Waals surface area contributed by atoms with Gasteiger partial charge in [0, 0.05) is 12.7 Å². The number of anilines is 1. The molecule has 1 aliphatic rings. The van der Waals surface area contributed by atoms with Crippen LogP contribution in [0.3, 0.4) is 0 Å². The summed E-state index contributed by atoms with van der Waals surface area (Å²) in [6.07, 6.45) is -1.94. The van der Waals surface area contributed by atoms with Gasteiger partial charge < -0.3 is 10.4 Å². The fourth-order valence-corrected chi connectivity index (χ4v) is 4.86. The third kappa shape index (κ3) is 5.33. The van der Waals surface area contributed by atoms with Crippen LogP contribution in [-0.2, 0) is 21.4 Å². The second kappa shape index (κ2) is 9.84. The van der Waals surface area contributed by atoms with Crippen LogP contribution in [0.4, 0.5) is 18.9 Å². The maximum absolute atomic E-state index is 13.0. The van der Waals surface area contributed by atoms with Crippen LogP contribution in [0.15, 0.2) is 53.8 Å². The van der Waals surface area contributed by atoms with Crippen molar-refractivity contribution in [2.24, 2.45) is 0 Å². The molecule has 0 spiro atoms. The molecule has 35 heavy (non-hydrogen) atoms. The number of amides is 1. The number of halogens is 3. The number of pyridine rings is 1. The number of benzene rings is 1. The van der Waals surface area contributed by atoms with E-state index < -0.39 is 28.1 Å². The Hall–Kier alpha value is -3.78. The van der Waals surface area contributed by atoms with Gasteiger partial charge in [-0.05, 0) is 31.2 Å². The summed E-state index contributed by atoms with van der Waals surface area (Å²) in [6.45, 7) is 3.91. The van der Waals surface area contributed by atoms with Crippen LogP contribution in [0, 0.1) is 6.92 Å². The number of fused-ring (bicyclic) bond motifs is 3. The molecule has 2 aromatic heterocycles. The summed E-state index contributed by atoms with van der Waals surface area (Å²) >= 11 is 0. The van der Waals surface area contributed by atoms with Crippen LogP contribution in [-0.4, -0.2) is 57.0 Å². The Bertz CT molecular complexity index is 1370. The number of nitrogens with one attached hydrogen (secondary N) is 1. The van der Waals surface area contributed by atoms with Crippen LogP contribution in [0.25, 0.3) is 5.69 Å². The number of aryl methyl sites for hydroxylation is 1. The molecule has 0 bridgehead atoms. The first-order chi connectivity index (χ1) is 16.4. The Labute approximate surface area is 198 Å². The summed E-state index contributed by atoms with van der Waals surface area (Å²) < 4.78 is 60.8. The van der Waals surface area contributed by atoms with Crippen LogP contribution < -0.4 is 5.32 Å². The number of sulfonamides is 1. The molecule has 1 aliphatic heterocycles. The zero-order valence-corrected chi connectivity index (χ0v) is 19.3. The summed E-state index contributed by atoms with van der Waals surface area (Å²) in [7, 11) is -3.67. The topological polar surface area (TPSA) is 134 Å². The lowest BCUT2D eigenvalue weighted by atomic mass is 10.2. The molecule has 186 valence electrons. The predicted molar refractivity (Wildman–Crippen MR) is 117 cm³/mol. The Morgan fingerprint density at radius 2 is 1.80 bits per heavy atom. The number of carbonyl (C=O) groups excluding carboxylic acids is 1. The summed E-state index contributed by atoms with van der Waals surface area (Å²) in [4.78, 5) is 30.4. The van der Waals surface area contributed by atoms with E-state index in [0.29, 0.717) is 22.8 Å². The average Bonchev–Trinajstić information content (AvgIpc) is 3.18. The van der Waals surface area contributed by atoms with Crippen molar-refractivity contribution in [3.63, 3.8) is 0 Å². The van der Waals surface area contributed by atoms with Crippen LogP contribution in [0.2, 0.25) is 0 Å². The number of carboxylic acid groups (broad SMARTS) is 1. The molecule has 0 fully saturated rings. The first kappa shape index (κ1) is 25.8. The Balaban J connectivity index is 0.000000429. The lowest BCUT2D eigenvalue weighted by Gasteiger charge is -2.18. The Morgan fingerprint density at radius 1 is 1.14 bits per heavy atom. The van der Waals surface area contributed by atoms with E-state index in [1.165, 1.54) is 10.6 Å². The van der Waals surface area contributed by atoms with Gasteiger partial charge in [-0.2, -0.15) is 17.5 Å². The van der Waals surface area contributed by atoms with E-state index >= 15 is 0 Å². The van der Waals surface area contributed by atoms with Crippen molar-refractivity contribution in [2.75, 3.05) is 11.9 Å². The summed E-state index contributed by atoms with van der Waals surface area (Å²) in [5, 5.41) is 9.94. The molecule has 10 nitrogen and oxygen atoms in total.